The fourth-order valence-corrected chi connectivity index (χ4v) is 6.39. The summed E-state index contributed by atoms with van der Waals surface area (Å²) in [7, 11) is 0. The summed E-state index contributed by atoms with van der Waals surface area (Å²) in [5.41, 5.74) is 3.56. The molecule has 0 bridgehead atoms. The molecule has 5 rings (SSSR count). The molecule has 2 N–H and O–H groups in total. The van der Waals surface area contributed by atoms with Gasteiger partial charge in [-0.05, 0) is 42.5 Å². The number of amides is 1. The molecule has 0 fully saturated rings. The number of allylic oxidation sites excluding steroid dienone is 3. The van der Waals surface area contributed by atoms with E-state index in [2.05, 4.69) is 31.5 Å². The summed E-state index contributed by atoms with van der Waals surface area (Å²) in [6, 6.07) is 11.8. The topological polar surface area (TPSA) is 114 Å². The summed E-state index contributed by atoms with van der Waals surface area (Å²) in [6.45, 7) is 5.91. The van der Waals surface area contributed by atoms with Crippen LogP contribution >= 0.6 is 27.3 Å². The molecule has 10 heteroatoms. The Labute approximate surface area is 219 Å². The third-order valence-corrected chi connectivity index (χ3v) is 7.92. The maximum Gasteiger partial charge on any atom is 0.269 e. The smallest absolute Gasteiger partial charge is 0.269 e. The second kappa shape index (κ2) is 8.94. The standard InChI is InChI=1S/C26H23BrN4O4S/c1-13-21(24(33)30-25-29-17-9-6-15(27)10-20(17)36-25)22(14-4-7-16(8-5-14)31(34)35)23-18(28-13)11-26(2,3)12-19(23)32/h4-10,22,28H,11-12H2,1-3H3,(H,29,30,33). The maximum atomic E-state index is 13.7. The maximum absolute atomic E-state index is 13.7. The van der Waals surface area contributed by atoms with Crippen LogP contribution in [0.25, 0.3) is 10.2 Å². The monoisotopic (exact) mass is 566 g/mol. The summed E-state index contributed by atoms with van der Waals surface area (Å²) in [5.74, 6) is -1.04. The quantitative estimate of drug-likeness (QED) is 0.286. The zero-order chi connectivity index (χ0) is 25.8. The number of aromatic nitrogens is 1. The average molecular weight is 567 g/mol. The van der Waals surface area contributed by atoms with E-state index in [0.717, 1.165) is 20.4 Å². The Bertz CT molecular complexity index is 1500. The first kappa shape index (κ1) is 24.3. The number of nitrogens with zero attached hydrogens (tertiary/aromatic N) is 2. The third kappa shape index (κ3) is 4.46. The molecule has 2 aromatic carbocycles. The Morgan fingerprint density at radius 3 is 2.64 bits per heavy atom. The van der Waals surface area contributed by atoms with Crippen LogP contribution in [0.3, 0.4) is 0 Å². The summed E-state index contributed by atoms with van der Waals surface area (Å²) in [4.78, 5) is 42.4. The number of dihydropyridines is 1. The fourth-order valence-electron chi connectivity index (χ4n) is 4.98. The lowest BCUT2D eigenvalue weighted by Gasteiger charge is -2.39. The van der Waals surface area contributed by atoms with E-state index in [-0.39, 0.29) is 22.8 Å². The Morgan fingerprint density at radius 1 is 1.22 bits per heavy atom. The average Bonchev–Trinajstić information content (AvgIpc) is 3.18. The van der Waals surface area contributed by atoms with Crippen molar-refractivity contribution >= 4 is 60.0 Å². The molecule has 1 aromatic heterocycles. The van der Waals surface area contributed by atoms with Crippen molar-refractivity contribution in [3.05, 3.63) is 85.2 Å². The number of ketones is 1. The molecule has 0 radical (unpaired) electrons. The predicted molar refractivity (Wildman–Crippen MR) is 143 cm³/mol. The molecule has 1 aliphatic carbocycles. The van der Waals surface area contributed by atoms with Gasteiger partial charge in [-0.2, -0.15) is 0 Å². The van der Waals surface area contributed by atoms with Gasteiger partial charge in [0.25, 0.3) is 11.6 Å². The number of anilines is 1. The van der Waals surface area contributed by atoms with E-state index in [1.807, 2.05) is 39.0 Å². The Balaban J connectivity index is 1.57. The Kier molecular flexibility index (Phi) is 6.04. The summed E-state index contributed by atoms with van der Waals surface area (Å²) in [6.07, 6.45) is 1.02. The molecule has 0 saturated heterocycles. The van der Waals surface area contributed by atoms with E-state index in [4.69, 9.17) is 0 Å². The molecule has 184 valence electrons. The summed E-state index contributed by atoms with van der Waals surface area (Å²) >= 11 is 4.81. The van der Waals surface area contributed by atoms with Crippen LogP contribution in [0.5, 0.6) is 0 Å². The van der Waals surface area contributed by atoms with E-state index in [0.29, 0.717) is 40.4 Å². The van der Waals surface area contributed by atoms with Gasteiger partial charge in [-0.15, -0.1) is 0 Å². The molecule has 0 spiro atoms. The number of nitrogens with one attached hydrogen (secondary N) is 2. The molecule has 1 unspecified atom stereocenters. The number of non-ortho nitro benzene ring substituents is 1. The third-order valence-electron chi connectivity index (χ3n) is 6.49. The van der Waals surface area contributed by atoms with Gasteiger partial charge in [0, 0.05) is 51.5 Å². The SMILES string of the molecule is CC1=C(C(=O)Nc2nc3ccc(Br)cc3s2)C(c2ccc([N+](=O)[O-])cc2)C2=C(CC(C)(C)CC2=O)N1. The predicted octanol–water partition coefficient (Wildman–Crippen LogP) is 6.21. The minimum absolute atomic E-state index is 0.0280. The number of hydrogen-bond acceptors (Lipinski definition) is 7. The summed E-state index contributed by atoms with van der Waals surface area (Å²) in [5, 5.41) is 17.9. The Hall–Kier alpha value is -3.37. The second-order valence-electron chi connectivity index (χ2n) is 9.86. The van der Waals surface area contributed by atoms with Crippen molar-refractivity contribution in [2.45, 2.75) is 39.5 Å². The van der Waals surface area contributed by atoms with E-state index in [9.17, 15) is 19.7 Å². The number of nitro benzene ring substituents is 1. The first-order chi connectivity index (χ1) is 17.0. The van der Waals surface area contributed by atoms with E-state index < -0.39 is 10.8 Å². The van der Waals surface area contributed by atoms with Gasteiger partial charge in [0.1, 0.15) is 0 Å². The number of carbonyl (C=O) groups is 2. The van der Waals surface area contributed by atoms with Crippen molar-refractivity contribution in [2.75, 3.05) is 5.32 Å². The van der Waals surface area contributed by atoms with Gasteiger partial charge in [0.2, 0.25) is 0 Å². The van der Waals surface area contributed by atoms with Gasteiger partial charge in [-0.25, -0.2) is 4.98 Å². The van der Waals surface area contributed by atoms with Gasteiger partial charge in [0.15, 0.2) is 10.9 Å². The van der Waals surface area contributed by atoms with Crippen molar-refractivity contribution in [1.82, 2.24) is 10.3 Å². The lowest BCUT2D eigenvalue weighted by atomic mass is 9.68. The van der Waals surface area contributed by atoms with Crippen molar-refractivity contribution in [3.63, 3.8) is 0 Å². The first-order valence-corrected chi connectivity index (χ1v) is 13.0. The molecule has 1 atom stereocenters. The fraction of sp³-hybridized carbons (Fsp3) is 0.269. The molecular weight excluding hydrogens is 544 g/mol. The zero-order valence-electron chi connectivity index (χ0n) is 19.8. The van der Waals surface area contributed by atoms with Gasteiger partial charge in [-0.1, -0.05) is 53.2 Å². The van der Waals surface area contributed by atoms with E-state index in [1.165, 1.54) is 23.5 Å². The van der Waals surface area contributed by atoms with Gasteiger partial charge >= 0.3 is 0 Å². The number of halogens is 1. The number of thiazole rings is 1. The molecule has 2 heterocycles. The van der Waals surface area contributed by atoms with Crippen molar-refractivity contribution in [1.29, 1.82) is 0 Å². The highest BCUT2D eigenvalue weighted by Gasteiger charge is 2.42. The molecular formula is C26H23BrN4O4S. The van der Waals surface area contributed by atoms with Crippen LogP contribution < -0.4 is 10.6 Å². The number of nitro groups is 1. The van der Waals surface area contributed by atoms with Crippen LogP contribution in [0.4, 0.5) is 10.8 Å². The van der Waals surface area contributed by atoms with E-state index in [1.54, 1.807) is 12.1 Å². The lowest BCUT2D eigenvalue weighted by Crippen LogP contribution is -2.39. The normalized spacial score (nSPS) is 19.2. The van der Waals surface area contributed by atoms with E-state index >= 15 is 0 Å². The highest BCUT2D eigenvalue weighted by atomic mass is 79.9. The largest absolute Gasteiger partial charge is 0.362 e. The van der Waals surface area contributed by atoms with Crippen LogP contribution in [-0.4, -0.2) is 21.6 Å². The van der Waals surface area contributed by atoms with Gasteiger partial charge in [0.05, 0.1) is 15.1 Å². The lowest BCUT2D eigenvalue weighted by molar-refractivity contribution is -0.384. The minimum atomic E-state index is -0.644. The van der Waals surface area contributed by atoms with Crippen LogP contribution in [0.2, 0.25) is 0 Å². The molecule has 3 aromatic rings. The second-order valence-corrected chi connectivity index (χ2v) is 11.8. The van der Waals surface area contributed by atoms with Crippen molar-refractivity contribution in [3.8, 4) is 0 Å². The van der Waals surface area contributed by atoms with Crippen molar-refractivity contribution in [2.24, 2.45) is 5.41 Å². The summed E-state index contributed by atoms with van der Waals surface area (Å²) < 4.78 is 1.84. The number of hydrogen-bond donors (Lipinski definition) is 2. The van der Waals surface area contributed by atoms with Gasteiger partial charge in [-0.3, -0.25) is 25.0 Å². The van der Waals surface area contributed by atoms with Crippen LogP contribution in [-0.2, 0) is 9.59 Å². The highest BCUT2D eigenvalue weighted by Crippen LogP contribution is 2.47. The molecule has 1 aliphatic heterocycles. The molecule has 36 heavy (non-hydrogen) atoms. The molecule has 0 saturated carbocycles. The number of rotatable bonds is 4. The minimum Gasteiger partial charge on any atom is -0.362 e. The number of fused-ring (bicyclic) bond motifs is 1. The number of Topliss-reactive ketones (excluding diaryl/α,β-unsaturated/α-hetero) is 1. The van der Waals surface area contributed by atoms with Crippen LogP contribution in [0.15, 0.2) is 69.5 Å². The number of benzene rings is 2. The van der Waals surface area contributed by atoms with Gasteiger partial charge < -0.3 is 5.32 Å². The zero-order valence-corrected chi connectivity index (χ0v) is 22.2. The molecule has 2 aliphatic rings. The van der Waals surface area contributed by atoms with Crippen LogP contribution in [0.1, 0.15) is 45.1 Å². The number of carbonyl (C=O) groups excluding carboxylic acids is 2. The molecule has 8 nitrogen and oxygen atoms in total. The van der Waals surface area contributed by atoms with Crippen molar-refractivity contribution < 1.29 is 14.5 Å². The first-order valence-electron chi connectivity index (χ1n) is 11.4. The highest BCUT2D eigenvalue weighted by molar-refractivity contribution is 9.10. The molecule has 1 amide bonds. The van der Waals surface area contributed by atoms with Crippen LogP contribution in [0, 0.1) is 15.5 Å². The Morgan fingerprint density at radius 2 is 1.94 bits per heavy atom.